The Bertz CT molecular complexity index is 841. The van der Waals surface area contributed by atoms with Crippen molar-refractivity contribution in [3.05, 3.63) is 53.3 Å². The molecule has 0 aliphatic rings. The molecule has 2 N–H and O–H groups in total. The van der Waals surface area contributed by atoms with Crippen LogP contribution in [-0.2, 0) is 9.53 Å². The lowest BCUT2D eigenvalue weighted by molar-refractivity contribution is -0.119. The topological polar surface area (TPSA) is 97.0 Å². The molecular weight excluding hydrogens is 328 g/mol. The van der Waals surface area contributed by atoms with E-state index in [1.165, 1.54) is 11.3 Å². The third-order valence-electron chi connectivity index (χ3n) is 3.09. The van der Waals surface area contributed by atoms with Crippen LogP contribution in [0, 0.1) is 6.92 Å². The first-order valence-corrected chi connectivity index (χ1v) is 7.99. The summed E-state index contributed by atoms with van der Waals surface area (Å²) < 4.78 is 5.00. The van der Waals surface area contributed by atoms with Gasteiger partial charge in [0.2, 0.25) is 0 Å². The number of hydrogen-bond donors (Lipinski definition) is 2. The van der Waals surface area contributed by atoms with Crippen molar-refractivity contribution >= 4 is 28.3 Å². The Kier molecular flexibility index (Phi) is 4.66. The molecule has 2 heterocycles. The van der Waals surface area contributed by atoms with E-state index >= 15 is 0 Å². The fraction of sp³-hybridized carbons (Fsp3) is 0.125. The number of anilines is 1. The number of hydrogen-bond acceptors (Lipinski definition) is 6. The molecule has 122 valence electrons. The Morgan fingerprint density at radius 1 is 1.29 bits per heavy atom. The van der Waals surface area contributed by atoms with Crippen LogP contribution in [-0.4, -0.2) is 33.4 Å². The summed E-state index contributed by atoms with van der Waals surface area (Å²) in [6.45, 7) is 1.47. The van der Waals surface area contributed by atoms with Gasteiger partial charge in [0, 0.05) is 23.3 Å². The van der Waals surface area contributed by atoms with Crippen LogP contribution in [0.5, 0.6) is 0 Å². The molecule has 1 aromatic carbocycles. The highest BCUT2D eigenvalue weighted by molar-refractivity contribution is 7.13. The molecule has 7 nitrogen and oxygen atoms in total. The number of ether oxygens (including phenoxy) is 1. The second-order valence-corrected chi connectivity index (χ2v) is 5.79. The van der Waals surface area contributed by atoms with Gasteiger partial charge in [-0.3, -0.25) is 10.1 Å². The smallest absolute Gasteiger partial charge is 0.338 e. The first-order valence-electron chi connectivity index (χ1n) is 7.11. The molecule has 3 rings (SSSR count). The van der Waals surface area contributed by atoms with Crippen molar-refractivity contribution in [2.45, 2.75) is 6.92 Å². The van der Waals surface area contributed by atoms with Crippen LogP contribution in [0.4, 0.5) is 5.13 Å². The molecule has 0 atom stereocenters. The van der Waals surface area contributed by atoms with E-state index in [-0.39, 0.29) is 6.61 Å². The Labute approximate surface area is 141 Å². The van der Waals surface area contributed by atoms with Gasteiger partial charge in [-0.2, -0.15) is 0 Å². The number of rotatable bonds is 5. The normalized spacial score (nSPS) is 10.4. The molecule has 0 fully saturated rings. The number of thiazole rings is 1. The number of aromatic nitrogens is 3. The van der Waals surface area contributed by atoms with E-state index in [9.17, 15) is 9.59 Å². The van der Waals surface area contributed by atoms with Gasteiger partial charge in [0.05, 0.1) is 11.3 Å². The number of aromatic amines is 1. The number of nitrogens with zero attached hydrogens (tertiary/aromatic N) is 2. The van der Waals surface area contributed by atoms with Crippen LogP contribution in [0.15, 0.2) is 42.0 Å². The largest absolute Gasteiger partial charge is 0.452 e. The summed E-state index contributed by atoms with van der Waals surface area (Å²) in [4.78, 5) is 34.9. The van der Waals surface area contributed by atoms with Crippen molar-refractivity contribution in [2.75, 3.05) is 11.9 Å². The number of aryl methyl sites for hydroxylation is 1. The van der Waals surface area contributed by atoms with E-state index in [2.05, 4.69) is 20.3 Å². The molecule has 0 bridgehead atoms. The van der Waals surface area contributed by atoms with E-state index < -0.39 is 11.9 Å². The van der Waals surface area contributed by atoms with Gasteiger partial charge in [-0.1, -0.05) is 12.1 Å². The quantitative estimate of drug-likeness (QED) is 0.695. The number of nitrogens with one attached hydrogen (secondary N) is 2. The maximum Gasteiger partial charge on any atom is 0.338 e. The van der Waals surface area contributed by atoms with Crippen LogP contribution in [0.25, 0.3) is 11.4 Å². The zero-order valence-electron chi connectivity index (χ0n) is 12.8. The monoisotopic (exact) mass is 342 g/mol. The molecule has 0 radical (unpaired) electrons. The Hall–Kier alpha value is -3.00. The van der Waals surface area contributed by atoms with Gasteiger partial charge in [0.1, 0.15) is 5.82 Å². The summed E-state index contributed by atoms with van der Waals surface area (Å²) in [6.07, 6.45) is 3.38. The van der Waals surface area contributed by atoms with Crippen LogP contribution in [0.1, 0.15) is 16.1 Å². The van der Waals surface area contributed by atoms with E-state index in [0.29, 0.717) is 16.5 Å². The van der Waals surface area contributed by atoms with Gasteiger partial charge >= 0.3 is 5.97 Å². The van der Waals surface area contributed by atoms with Crippen LogP contribution < -0.4 is 5.32 Å². The average molecular weight is 342 g/mol. The summed E-state index contributed by atoms with van der Waals surface area (Å²) in [5.74, 6) is -0.274. The zero-order chi connectivity index (χ0) is 16.9. The highest BCUT2D eigenvalue weighted by atomic mass is 32.1. The second kappa shape index (κ2) is 7.05. The maximum absolute atomic E-state index is 12.0. The maximum atomic E-state index is 12.0. The summed E-state index contributed by atoms with van der Waals surface area (Å²) in [6, 6.07) is 6.77. The van der Waals surface area contributed by atoms with Gasteiger partial charge < -0.3 is 9.72 Å². The Morgan fingerprint density at radius 2 is 2.08 bits per heavy atom. The van der Waals surface area contributed by atoms with Gasteiger partial charge in [0.15, 0.2) is 11.7 Å². The summed E-state index contributed by atoms with van der Waals surface area (Å²) in [5, 5.41) is 4.88. The fourth-order valence-corrected chi connectivity index (χ4v) is 2.67. The van der Waals surface area contributed by atoms with Crippen LogP contribution in [0.2, 0.25) is 0 Å². The van der Waals surface area contributed by atoms with Gasteiger partial charge in [-0.25, -0.2) is 14.8 Å². The number of H-pyrrole nitrogens is 1. The number of carbonyl (C=O) groups is 2. The lowest BCUT2D eigenvalue weighted by Crippen LogP contribution is -2.20. The van der Waals surface area contributed by atoms with Crippen LogP contribution >= 0.6 is 11.3 Å². The first-order chi connectivity index (χ1) is 11.6. The lowest BCUT2D eigenvalue weighted by Gasteiger charge is -2.05. The number of imidazole rings is 1. The molecule has 0 aliphatic carbocycles. The van der Waals surface area contributed by atoms with Crippen molar-refractivity contribution < 1.29 is 14.3 Å². The number of amides is 1. The lowest BCUT2D eigenvalue weighted by atomic mass is 10.1. The minimum Gasteiger partial charge on any atom is -0.452 e. The minimum atomic E-state index is -0.563. The third-order valence-corrected chi connectivity index (χ3v) is 3.97. The van der Waals surface area contributed by atoms with Gasteiger partial charge in [-0.15, -0.1) is 11.3 Å². The van der Waals surface area contributed by atoms with Crippen molar-refractivity contribution in [3.63, 3.8) is 0 Å². The minimum absolute atomic E-state index is 0.364. The molecule has 3 aromatic rings. The summed E-state index contributed by atoms with van der Waals surface area (Å²) >= 11 is 1.32. The Morgan fingerprint density at radius 3 is 2.71 bits per heavy atom. The molecule has 0 unspecified atom stereocenters. The summed E-state index contributed by atoms with van der Waals surface area (Å²) in [5.41, 5.74) is 2.04. The number of esters is 1. The highest BCUT2D eigenvalue weighted by Crippen LogP contribution is 2.16. The van der Waals surface area contributed by atoms with Gasteiger partial charge in [-0.05, 0) is 19.1 Å². The fourth-order valence-electron chi connectivity index (χ4n) is 1.97. The first kappa shape index (κ1) is 15.9. The average Bonchev–Trinajstić information content (AvgIpc) is 3.25. The molecule has 0 aliphatic heterocycles. The molecule has 0 saturated heterocycles. The van der Waals surface area contributed by atoms with E-state index in [1.54, 1.807) is 36.7 Å². The number of carbonyl (C=O) groups excluding carboxylic acids is 2. The van der Waals surface area contributed by atoms with Crippen molar-refractivity contribution in [3.8, 4) is 11.4 Å². The van der Waals surface area contributed by atoms with E-state index in [0.717, 1.165) is 11.3 Å². The molecule has 0 spiro atoms. The second-order valence-electron chi connectivity index (χ2n) is 4.93. The van der Waals surface area contributed by atoms with E-state index in [1.807, 2.05) is 12.3 Å². The van der Waals surface area contributed by atoms with Crippen molar-refractivity contribution in [2.24, 2.45) is 0 Å². The molecule has 8 heteroatoms. The van der Waals surface area contributed by atoms with Gasteiger partial charge in [0.25, 0.3) is 5.91 Å². The van der Waals surface area contributed by atoms with E-state index in [4.69, 9.17) is 4.74 Å². The molecule has 2 aromatic heterocycles. The molecule has 1 amide bonds. The van der Waals surface area contributed by atoms with Crippen molar-refractivity contribution in [1.29, 1.82) is 0 Å². The SMILES string of the molecule is Cc1csc(NC(=O)COC(=O)c2ccc(-c3ncc[nH]3)cc2)n1. The molecular formula is C16H14N4O3S. The third kappa shape index (κ3) is 3.85. The standard InChI is InChI=1S/C16H14N4O3S/c1-10-9-24-16(19-10)20-13(21)8-23-15(22)12-4-2-11(3-5-12)14-17-6-7-18-14/h2-7,9H,8H2,1H3,(H,17,18)(H,19,20,21). The summed E-state index contributed by atoms with van der Waals surface area (Å²) in [7, 11) is 0. The predicted molar refractivity (Wildman–Crippen MR) is 89.8 cm³/mol. The van der Waals surface area contributed by atoms with Crippen molar-refractivity contribution in [1.82, 2.24) is 15.0 Å². The van der Waals surface area contributed by atoms with Crippen LogP contribution in [0.3, 0.4) is 0 Å². The molecule has 0 saturated carbocycles. The predicted octanol–water partition coefficient (Wildman–Crippen LogP) is 2.64. The Balaban J connectivity index is 1.54. The highest BCUT2D eigenvalue weighted by Gasteiger charge is 2.12. The number of benzene rings is 1. The molecule has 24 heavy (non-hydrogen) atoms. The zero-order valence-corrected chi connectivity index (χ0v) is 13.6.